The number of carbonyl (C=O) groups is 2. The van der Waals surface area contributed by atoms with Crippen molar-refractivity contribution in [3.05, 3.63) is 65.2 Å². The SMILES string of the molecule is CCN(CC)CCN1C(=O)C(=O)/C(=C(/O)c2ccccc2OC)C1c1ccccc1OC. The molecule has 1 heterocycles. The molecule has 0 aliphatic carbocycles. The molecule has 0 aromatic heterocycles. The van der Waals surface area contributed by atoms with Gasteiger partial charge >= 0.3 is 0 Å². The predicted molar refractivity (Wildman–Crippen MR) is 123 cm³/mol. The fourth-order valence-corrected chi connectivity index (χ4v) is 4.10. The number of likely N-dealkylation sites (N-methyl/N-ethyl adjacent to an activating group) is 1. The summed E-state index contributed by atoms with van der Waals surface area (Å²) in [5.41, 5.74) is 1.03. The van der Waals surface area contributed by atoms with Crippen molar-refractivity contribution in [3.63, 3.8) is 0 Å². The second kappa shape index (κ2) is 10.3. The van der Waals surface area contributed by atoms with Gasteiger partial charge in [-0.1, -0.05) is 44.2 Å². The zero-order valence-electron chi connectivity index (χ0n) is 19.0. The van der Waals surface area contributed by atoms with Gasteiger partial charge < -0.3 is 24.4 Å². The number of rotatable bonds is 9. The van der Waals surface area contributed by atoms with Crippen molar-refractivity contribution in [2.75, 3.05) is 40.4 Å². The first-order valence-corrected chi connectivity index (χ1v) is 10.7. The Bertz CT molecular complexity index is 1010. The van der Waals surface area contributed by atoms with Crippen molar-refractivity contribution < 1.29 is 24.2 Å². The molecule has 1 N–H and O–H groups in total. The van der Waals surface area contributed by atoms with E-state index in [2.05, 4.69) is 18.7 Å². The molecule has 0 bridgehead atoms. The maximum Gasteiger partial charge on any atom is 0.295 e. The van der Waals surface area contributed by atoms with Gasteiger partial charge in [-0.05, 0) is 31.3 Å². The molecular formula is C25H30N2O5. The summed E-state index contributed by atoms with van der Waals surface area (Å²) in [6.45, 7) is 6.73. The first-order chi connectivity index (χ1) is 15.5. The maximum atomic E-state index is 13.2. The maximum absolute atomic E-state index is 13.2. The fourth-order valence-electron chi connectivity index (χ4n) is 4.10. The van der Waals surface area contributed by atoms with Crippen LogP contribution in [-0.4, -0.2) is 67.0 Å². The number of para-hydroxylation sites is 2. The smallest absolute Gasteiger partial charge is 0.295 e. The number of Topliss-reactive ketones (excluding diaryl/α,β-unsaturated/α-hetero) is 1. The molecule has 1 aliphatic heterocycles. The van der Waals surface area contributed by atoms with Crippen LogP contribution in [0.5, 0.6) is 11.5 Å². The van der Waals surface area contributed by atoms with Crippen LogP contribution in [-0.2, 0) is 9.59 Å². The molecule has 1 atom stereocenters. The molecule has 2 aromatic rings. The number of benzene rings is 2. The van der Waals surface area contributed by atoms with E-state index >= 15 is 0 Å². The molecule has 1 aliphatic rings. The molecular weight excluding hydrogens is 408 g/mol. The molecule has 2 aromatic carbocycles. The van der Waals surface area contributed by atoms with Gasteiger partial charge in [-0.15, -0.1) is 0 Å². The van der Waals surface area contributed by atoms with Crippen molar-refractivity contribution in [2.45, 2.75) is 19.9 Å². The Morgan fingerprint density at radius 1 is 0.969 bits per heavy atom. The van der Waals surface area contributed by atoms with Crippen LogP contribution in [0.15, 0.2) is 54.1 Å². The summed E-state index contributed by atoms with van der Waals surface area (Å²) in [5, 5.41) is 11.3. The monoisotopic (exact) mass is 438 g/mol. The van der Waals surface area contributed by atoms with Crippen LogP contribution in [0.1, 0.15) is 31.0 Å². The highest BCUT2D eigenvalue weighted by molar-refractivity contribution is 6.46. The van der Waals surface area contributed by atoms with Crippen molar-refractivity contribution in [1.82, 2.24) is 9.80 Å². The molecule has 1 unspecified atom stereocenters. The second-order valence-electron chi connectivity index (χ2n) is 7.46. The van der Waals surface area contributed by atoms with Gasteiger partial charge in [0.25, 0.3) is 11.7 Å². The third kappa shape index (κ3) is 4.34. The van der Waals surface area contributed by atoms with Gasteiger partial charge in [-0.2, -0.15) is 0 Å². The molecule has 3 rings (SSSR count). The zero-order valence-corrected chi connectivity index (χ0v) is 19.0. The number of ether oxygens (including phenoxy) is 2. The van der Waals surface area contributed by atoms with E-state index in [1.54, 1.807) is 37.4 Å². The Morgan fingerprint density at radius 2 is 1.56 bits per heavy atom. The number of hydrogen-bond acceptors (Lipinski definition) is 6. The van der Waals surface area contributed by atoms with E-state index in [1.165, 1.54) is 12.0 Å². The molecule has 1 amide bonds. The Labute approximate surface area is 188 Å². The van der Waals surface area contributed by atoms with Gasteiger partial charge in [0.1, 0.15) is 17.3 Å². The van der Waals surface area contributed by atoms with Gasteiger partial charge in [0.2, 0.25) is 0 Å². The van der Waals surface area contributed by atoms with Crippen molar-refractivity contribution in [2.24, 2.45) is 0 Å². The second-order valence-corrected chi connectivity index (χ2v) is 7.46. The molecule has 32 heavy (non-hydrogen) atoms. The zero-order chi connectivity index (χ0) is 23.3. The largest absolute Gasteiger partial charge is 0.507 e. The Kier molecular flexibility index (Phi) is 7.53. The summed E-state index contributed by atoms with van der Waals surface area (Å²) in [7, 11) is 3.04. The van der Waals surface area contributed by atoms with Crippen LogP contribution in [0.4, 0.5) is 0 Å². The number of nitrogens with zero attached hydrogens (tertiary/aromatic N) is 2. The van der Waals surface area contributed by atoms with Gasteiger partial charge in [-0.25, -0.2) is 0 Å². The van der Waals surface area contributed by atoms with Crippen LogP contribution >= 0.6 is 0 Å². The van der Waals surface area contributed by atoms with Crippen molar-refractivity contribution >= 4 is 17.4 Å². The summed E-state index contributed by atoms with van der Waals surface area (Å²) >= 11 is 0. The Balaban J connectivity index is 2.18. The van der Waals surface area contributed by atoms with Crippen LogP contribution in [0.2, 0.25) is 0 Å². The minimum Gasteiger partial charge on any atom is -0.507 e. The number of likely N-dealkylation sites (tertiary alicyclic amines) is 1. The van der Waals surface area contributed by atoms with E-state index in [1.807, 2.05) is 18.2 Å². The van der Waals surface area contributed by atoms with E-state index in [-0.39, 0.29) is 11.3 Å². The first kappa shape index (κ1) is 23.3. The number of aliphatic hydroxyl groups excluding tert-OH is 1. The van der Waals surface area contributed by atoms with Crippen LogP contribution in [0.25, 0.3) is 5.76 Å². The lowest BCUT2D eigenvalue weighted by Crippen LogP contribution is -2.38. The van der Waals surface area contributed by atoms with E-state index in [0.29, 0.717) is 35.7 Å². The predicted octanol–water partition coefficient (Wildman–Crippen LogP) is 3.47. The Hall–Kier alpha value is -3.32. The van der Waals surface area contributed by atoms with Crippen LogP contribution in [0, 0.1) is 0 Å². The average Bonchev–Trinajstić information content (AvgIpc) is 3.08. The Morgan fingerprint density at radius 3 is 2.19 bits per heavy atom. The van der Waals surface area contributed by atoms with Crippen molar-refractivity contribution in [3.8, 4) is 11.5 Å². The van der Waals surface area contributed by atoms with E-state index in [0.717, 1.165) is 13.1 Å². The average molecular weight is 439 g/mol. The van der Waals surface area contributed by atoms with Crippen molar-refractivity contribution in [1.29, 1.82) is 0 Å². The molecule has 7 heteroatoms. The molecule has 0 radical (unpaired) electrons. The first-order valence-electron chi connectivity index (χ1n) is 10.7. The topological polar surface area (TPSA) is 79.3 Å². The van der Waals surface area contributed by atoms with Gasteiger partial charge in [0.15, 0.2) is 0 Å². The number of amides is 1. The lowest BCUT2D eigenvalue weighted by molar-refractivity contribution is -0.140. The molecule has 1 saturated heterocycles. The van der Waals surface area contributed by atoms with E-state index in [9.17, 15) is 14.7 Å². The van der Waals surface area contributed by atoms with Crippen LogP contribution < -0.4 is 9.47 Å². The molecule has 1 fully saturated rings. The highest BCUT2D eigenvalue weighted by Crippen LogP contribution is 2.43. The van der Waals surface area contributed by atoms with E-state index < -0.39 is 17.7 Å². The number of ketones is 1. The van der Waals surface area contributed by atoms with Gasteiger partial charge in [0, 0.05) is 18.7 Å². The van der Waals surface area contributed by atoms with Crippen LogP contribution in [0.3, 0.4) is 0 Å². The molecule has 7 nitrogen and oxygen atoms in total. The van der Waals surface area contributed by atoms with Gasteiger partial charge in [-0.3, -0.25) is 9.59 Å². The number of hydrogen-bond donors (Lipinski definition) is 1. The number of aliphatic hydroxyl groups is 1. The van der Waals surface area contributed by atoms with Gasteiger partial charge in [0.05, 0.1) is 31.4 Å². The minimum absolute atomic E-state index is 0.0311. The standard InChI is InChI=1S/C25H30N2O5/c1-5-26(6-2)15-16-27-22(17-11-7-9-13-19(17)31-3)21(24(29)25(27)30)23(28)18-12-8-10-14-20(18)32-4/h7-14,22,28H,5-6,15-16H2,1-4H3/b23-21+. The third-order valence-electron chi connectivity index (χ3n) is 5.89. The molecule has 0 saturated carbocycles. The van der Waals surface area contributed by atoms with E-state index in [4.69, 9.17) is 9.47 Å². The summed E-state index contributed by atoms with van der Waals surface area (Å²) in [4.78, 5) is 30.0. The number of methoxy groups -OCH3 is 2. The summed E-state index contributed by atoms with van der Waals surface area (Å²) in [6.07, 6.45) is 0. The summed E-state index contributed by atoms with van der Waals surface area (Å²) in [5.74, 6) is -0.660. The lowest BCUT2D eigenvalue weighted by atomic mass is 9.94. The number of carbonyl (C=O) groups excluding carboxylic acids is 2. The minimum atomic E-state index is -0.772. The molecule has 0 spiro atoms. The quantitative estimate of drug-likeness (QED) is 0.367. The lowest BCUT2D eigenvalue weighted by Gasteiger charge is -2.29. The normalized spacial score (nSPS) is 17.8. The molecule has 170 valence electrons. The summed E-state index contributed by atoms with van der Waals surface area (Å²) < 4.78 is 10.9. The highest BCUT2D eigenvalue weighted by Gasteiger charge is 2.47. The highest BCUT2D eigenvalue weighted by atomic mass is 16.5. The third-order valence-corrected chi connectivity index (χ3v) is 5.89. The summed E-state index contributed by atoms with van der Waals surface area (Å²) in [6, 6.07) is 13.4. The fraction of sp³-hybridized carbons (Fsp3) is 0.360.